The van der Waals surface area contributed by atoms with Crippen molar-refractivity contribution in [2.24, 2.45) is 5.92 Å². The summed E-state index contributed by atoms with van der Waals surface area (Å²) in [6.45, 7) is 3.97. The molecule has 0 bridgehead atoms. The number of benzene rings is 1. The van der Waals surface area contributed by atoms with E-state index in [-0.39, 0.29) is 38.2 Å². The molecule has 2 aromatic rings. The minimum absolute atomic E-state index is 0. The maximum atomic E-state index is 12.8. The molecule has 1 aromatic heterocycles. The van der Waals surface area contributed by atoms with Crippen molar-refractivity contribution >= 4 is 47.9 Å². The molecule has 0 aliphatic heterocycles. The van der Waals surface area contributed by atoms with E-state index in [4.69, 9.17) is 16.7 Å². The maximum Gasteiger partial charge on any atom is 0.303 e. The van der Waals surface area contributed by atoms with E-state index in [1.807, 2.05) is 18.2 Å². The highest BCUT2D eigenvalue weighted by Gasteiger charge is 2.19. The summed E-state index contributed by atoms with van der Waals surface area (Å²) in [7, 11) is 0. The first-order valence-corrected chi connectivity index (χ1v) is 9.35. The Labute approximate surface area is 167 Å². The van der Waals surface area contributed by atoms with Crippen molar-refractivity contribution in [2.75, 3.05) is 0 Å². The molecule has 0 spiro atoms. The molecule has 1 atom stereocenters. The molecule has 0 unspecified atom stereocenters. The predicted octanol–water partition coefficient (Wildman–Crippen LogP) is 5.67. The van der Waals surface area contributed by atoms with Gasteiger partial charge in [-0.3, -0.25) is 14.2 Å². The van der Waals surface area contributed by atoms with Gasteiger partial charge in [-0.2, -0.15) is 13.5 Å². The highest BCUT2D eigenvalue weighted by molar-refractivity contribution is 7.59. The molecule has 6 heteroatoms. The van der Waals surface area contributed by atoms with Crippen LogP contribution < -0.4 is 0 Å². The van der Waals surface area contributed by atoms with Crippen LogP contribution in [0.1, 0.15) is 62.9 Å². The monoisotopic (exact) mass is 397 g/mol. The summed E-state index contributed by atoms with van der Waals surface area (Å²) in [5.41, 5.74) is 1.84. The second-order valence-electron chi connectivity index (χ2n) is 6.79. The minimum atomic E-state index is -0.871. The molecule has 2 rings (SSSR count). The summed E-state index contributed by atoms with van der Waals surface area (Å²) in [5.74, 6) is -1.11. The normalized spacial score (nSPS) is 12.0. The number of halogens is 1. The van der Waals surface area contributed by atoms with E-state index in [0.717, 1.165) is 35.9 Å². The van der Waals surface area contributed by atoms with Crippen molar-refractivity contribution in [2.45, 2.75) is 58.8 Å². The van der Waals surface area contributed by atoms with Gasteiger partial charge in [0.2, 0.25) is 5.91 Å². The van der Waals surface area contributed by atoms with Crippen LogP contribution in [0.2, 0.25) is 5.02 Å². The lowest BCUT2D eigenvalue weighted by molar-refractivity contribution is -0.137. The third-order valence-corrected chi connectivity index (χ3v) is 4.66. The van der Waals surface area contributed by atoms with Crippen LogP contribution in [0.4, 0.5) is 0 Å². The third kappa shape index (κ3) is 6.06. The number of hydrogen-bond donors (Lipinski definition) is 1. The van der Waals surface area contributed by atoms with Crippen LogP contribution >= 0.6 is 25.1 Å². The molecule has 0 aliphatic rings. The molecule has 144 valence electrons. The molecule has 0 aliphatic carbocycles. The number of hydrogen-bond acceptors (Lipinski definition) is 2. The first-order valence-electron chi connectivity index (χ1n) is 8.97. The van der Waals surface area contributed by atoms with E-state index >= 15 is 0 Å². The molecule has 0 saturated heterocycles. The van der Waals surface area contributed by atoms with Gasteiger partial charge in [0.1, 0.15) is 0 Å². The van der Waals surface area contributed by atoms with Crippen molar-refractivity contribution in [3.63, 3.8) is 0 Å². The number of carbonyl (C=O) groups is 2. The van der Waals surface area contributed by atoms with Gasteiger partial charge in [0, 0.05) is 28.9 Å². The lowest BCUT2D eigenvalue weighted by atomic mass is 10.0. The Morgan fingerprint density at radius 1 is 1.15 bits per heavy atom. The summed E-state index contributed by atoms with van der Waals surface area (Å²) >= 11 is 6.09. The van der Waals surface area contributed by atoms with Crippen molar-refractivity contribution in [1.29, 1.82) is 0 Å². The second-order valence-corrected chi connectivity index (χ2v) is 7.22. The van der Waals surface area contributed by atoms with Crippen LogP contribution in [0.15, 0.2) is 24.3 Å². The minimum Gasteiger partial charge on any atom is -0.481 e. The summed E-state index contributed by atoms with van der Waals surface area (Å²) in [4.78, 5) is 23.7. The van der Waals surface area contributed by atoms with E-state index in [1.165, 1.54) is 12.8 Å². The number of carboxylic acid groups (broad SMARTS) is 1. The molecule has 1 heterocycles. The molecule has 0 amide bonds. The molecule has 26 heavy (non-hydrogen) atoms. The van der Waals surface area contributed by atoms with Crippen molar-refractivity contribution in [3.05, 3.63) is 35.0 Å². The van der Waals surface area contributed by atoms with Crippen LogP contribution in [0.25, 0.3) is 10.9 Å². The van der Waals surface area contributed by atoms with Gasteiger partial charge in [-0.15, -0.1) is 0 Å². The van der Waals surface area contributed by atoms with Crippen LogP contribution in [-0.2, 0) is 11.2 Å². The Balaban J connectivity index is 0.00000338. The molecular formula is C20H28ClNO3S. The highest BCUT2D eigenvalue weighted by atomic mass is 35.5. The summed E-state index contributed by atoms with van der Waals surface area (Å²) < 4.78 is 1.76. The topological polar surface area (TPSA) is 59.3 Å². The van der Waals surface area contributed by atoms with Gasteiger partial charge in [-0.05, 0) is 43.0 Å². The average Bonchev–Trinajstić information content (AvgIpc) is 2.87. The molecule has 0 saturated carbocycles. The van der Waals surface area contributed by atoms with Gasteiger partial charge in [-0.1, -0.05) is 44.7 Å². The Bertz CT molecular complexity index is 757. The zero-order valence-corrected chi connectivity index (χ0v) is 17.2. The average molecular weight is 398 g/mol. The number of nitrogens with zero attached hydrogens (tertiary/aromatic N) is 1. The Morgan fingerprint density at radius 2 is 1.88 bits per heavy atom. The van der Waals surface area contributed by atoms with Crippen LogP contribution in [0.3, 0.4) is 0 Å². The number of fused-ring (bicyclic) bond motifs is 1. The first-order chi connectivity index (χ1) is 11.9. The summed E-state index contributed by atoms with van der Waals surface area (Å²) in [6, 6.07) is 7.56. The number of unbranched alkanes of at least 4 members (excludes halogenated alkanes) is 3. The molecule has 0 radical (unpaired) electrons. The highest BCUT2D eigenvalue weighted by Crippen LogP contribution is 2.26. The van der Waals surface area contributed by atoms with E-state index in [2.05, 4.69) is 6.92 Å². The Hall–Kier alpha value is -1.46. The number of rotatable bonds is 9. The quantitative estimate of drug-likeness (QED) is 0.554. The zero-order valence-electron chi connectivity index (χ0n) is 15.4. The predicted molar refractivity (Wildman–Crippen MR) is 112 cm³/mol. The van der Waals surface area contributed by atoms with E-state index in [9.17, 15) is 9.59 Å². The Morgan fingerprint density at radius 3 is 2.54 bits per heavy atom. The van der Waals surface area contributed by atoms with Crippen LogP contribution in [0.5, 0.6) is 0 Å². The van der Waals surface area contributed by atoms with Gasteiger partial charge >= 0.3 is 5.97 Å². The van der Waals surface area contributed by atoms with Crippen molar-refractivity contribution in [3.8, 4) is 0 Å². The van der Waals surface area contributed by atoms with Gasteiger partial charge in [0.05, 0.1) is 5.52 Å². The zero-order chi connectivity index (χ0) is 18.4. The van der Waals surface area contributed by atoms with E-state index in [1.54, 1.807) is 17.6 Å². The van der Waals surface area contributed by atoms with Gasteiger partial charge < -0.3 is 5.11 Å². The van der Waals surface area contributed by atoms with Crippen molar-refractivity contribution < 1.29 is 14.7 Å². The number of aliphatic carboxylic acids is 1. The SMILES string of the molecule is CCCCCCc1cc2cc(Cl)ccc2n1C(=O)C[C@H](C)CC(=O)O.S. The second kappa shape index (κ2) is 10.6. The fourth-order valence-corrected chi connectivity index (χ4v) is 3.39. The largest absolute Gasteiger partial charge is 0.481 e. The lowest BCUT2D eigenvalue weighted by Gasteiger charge is -2.13. The third-order valence-electron chi connectivity index (χ3n) is 4.42. The molecule has 1 aromatic carbocycles. The number of carbonyl (C=O) groups excluding carboxylic acids is 1. The lowest BCUT2D eigenvalue weighted by Crippen LogP contribution is -2.18. The summed E-state index contributed by atoms with van der Waals surface area (Å²) in [6.07, 6.45) is 5.60. The number of carboxylic acids is 1. The molecular weight excluding hydrogens is 370 g/mol. The smallest absolute Gasteiger partial charge is 0.303 e. The van der Waals surface area contributed by atoms with E-state index in [0.29, 0.717) is 5.02 Å². The fraction of sp³-hybridized carbons (Fsp3) is 0.500. The molecule has 1 N–H and O–H groups in total. The molecule has 4 nitrogen and oxygen atoms in total. The number of aromatic nitrogens is 1. The van der Waals surface area contributed by atoms with Crippen LogP contribution in [0, 0.1) is 5.92 Å². The Kier molecular flexibility index (Phi) is 9.23. The van der Waals surface area contributed by atoms with E-state index < -0.39 is 5.97 Å². The van der Waals surface area contributed by atoms with Gasteiger partial charge in [-0.25, -0.2) is 0 Å². The summed E-state index contributed by atoms with van der Waals surface area (Å²) in [5, 5.41) is 10.5. The van der Waals surface area contributed by atoms with Gasteiger partial charge in [0.15, 0.2) is 0 Å². The maximum absolute atomic E-state index is 12.8. The standard InChI is InChI=1S/C20H26ClNO3.H2S/c1-3-4-5-6-7-17-13-15-12-16(21)8-9-18(15)22(17)19(23)10-14(2)11-20(24)25;/h8-9,12-14H,3-7,10-11H2,1-2H3,(H,24,25);1H2/t14-;/m0./s1. The van der Waals surface area contributed by atoms with Crippen LogP contribution in [-0.4, -0.2) is 21.6 Å². The number of aryl methyl sites for hydroxylation is 1. The van der Waals surface area contributed by atoms with Gasteiger partial charge in [0.25, 0.3) is 0 Å². The fourth-order valence-electron chi connectivity index (χ4n) is 3.21. The molecule has 0 fully saturated rings. The van der Waals surface area contributed by atoms with Crippen molar-refractivity contribution in [1.82, 2.24) is 4.57 Å². The first kappa shape index (κ1) is 22.6.